The highest BCUT2D eigenvalue weighted by Crippen LogP contribution is 2.10. The first kappa shape index (κ1) is 11.5. The number of hydrogen-bond acceptors (Lipinski definition) is 4. The van der Waals surface area contributed by atoms with Crippen molar-refractivity contribution in [2.45, 2.75) is 19.8 Å². The quantitative estimate of drug-likeness (QED) is 0.861. The van der Waals surface area contributed by atoms with Gasteiger partial charge >= 0.3 is 0 Å². The zero-order chi connectivity index (χ0) is 11.4. The van der Waals surface area contributed by atoms with E-state index in [2.05, 4.69) is 15.2 Å². The van der Waals surface area contributed by atoms with Crippen LogP contribution in [0.1, 0.15) is 27.5 Å². The lowest BCUT2D eigenvalue weighted by atomic mass is 10.4. The average molecular weight is 239 g/mol. The van der Waals surface area contributed by atoms with Crippen LogP contribution in [0, 0.1) is 6.92 Å². The van der Waals surface area contributed by atoms with E-state index in [-0.39, 0.29) is 5.91 Å². The molecule has 1 aliphatic rings. The third kappa shape index (κ3) is 3.02. The van der Waals surface area contributed by atoms with Gasteiger partial charge in [0.05, 0.1) is 0 Å². The number of nitrogens with one attached hydrogen (secondary N) is 1. The molecule has 4 nitrogen and oxygen atoms in total. The number of rotatable bonds is 4. The highest BCUT2D eigenvalue weighted by molar-refractivity contribution is 7.13. The van der Waals surface area contributed by atoms with Crippen LogP contribution in [0.25, 0.3) is 0 Å². The molecule has 0 radical (unpaired) electrons. The lowest BCUT2D eigenvalue weighted by Gasteiger charge is -2.14. The van der Waals surface area contributed by atoms with Gasteiger partial charge in [0.15, 0.2) is 5.01 Å². The molecule has 0 bridgehead atoms. The number of thiazole rings is 1. The maximum Gasteiger partial charge on any atom is 0.280 e. The number of carbonyl (C=O) groups is 1. The Labute approximate surface area is 99.7 Å². The fourth-order valence-electron chi connectivity index (χ4n) is 1.87. The van der Waals surface area contributed by atoms with Gasteiger partial charge in [0.25, 0.3) is 5.91 Å². The number of amides is 1. The molecule has 1 aromatic rings. The predicted molar refractivity (Wildman–Crippen MR) is 64.9 cm³/mol. The first-order valence-electron chi connectivity index (χ1n) is 5.69. The van der Waals surface area contributed by atoms with Gasteiger partial charge in [0, 0.05) is 24.2 Å². The maximum atomic E-state index is 11.7. The van der Waals surface area contributed by atoms with E-state index in [1.807, 2.05) is 6.92 Å². The van der Waals surface area contributed by atoms with Crippen LogP contribution < -0.4 is 5.32 Å². The lowest BCUT2D eigenvalue weighted by Crippen LogP contribution is -2.33. The van der Waals surface area contributed by atoms with E-state index in [9.17, 15) is 4.79 Å². The van der Waals surface area contributed by atoms with Gasteiger partial charge in [-0.05, 0) is 32.9 Å². The monoisotopic (exact) mass is 239 g/mol. The summed E-state index contributed by atoms with van der Waals surface area (Å²) < 4.78 is 0. The van der Waals surface area contributed by atoms with Gasteiger partial charge in [-0.1, -0.05) is 0 Å². The van der Waals surface area contributed by atoms with Gasteiger partial charge in [0.2, 0.25) is 0 Å². The van der Waals surface area contributed by atoms with Crippen LogP contribution in [0.3, 0.4) is 0 Å². The maximum absolute atomic E-state index is 11.7. The molecular formula is C11H17N3OS. The van der Waals surface area contributed by atoms with Crippen LogP contribution in [-0.4, -0.2) is 42.0 Å². The number of likely N-dealkylation sites (tertiary alicyclic amines) is 1. The van der Waals surface area contributed by atoms with Gasteiger partial charge in [-0.25, -0.2) is 4.98 Å². The summed E-state index contributed by atoms with van der Waals surface area (Å²) in [5.41, 5.74) is 0. The molecule has 1 N–H and O–H groups in total. The molecule has 0 atom stereocenters. The number of aryl methyl sites for hydroxylation is 1. The molecule has 1 aromatic heterocycles. The van der Waals surface area contributed by atoms with Crippen LogP contribution in [0.2, 0.25) is 0 Å². The molecule has 0 saturated carbocycles. The molecule has 2 rings (SSSR count). The van der Waals surface area contributed by atoms with E-state index in [0.717, 1.165) is 18.0 Å². The van der Waals surface area contributed by atoms with Crippen molar-refractivity contribution in [3.63, 3.8) is 0 Å². The van der Waals surface area contributed by atoms with E-state index in [1.54, 1.807) is 6.20 Å². The number of hydrogen-bond donors (Lipinski definition) is 1. The van der Waals surface area contributed by atoms with E-state index in [1.165, 1.54) is 37.3 Å². The van der Waals surface area contributed by atoms with Crippen molar-refractivity contribution >= 4 is 17.2 Å². The molecular weight excluding hydrogens is 222 g/mol. The second kappa shape index (κ2) is 5.41. The molecule has 0 aliphatic carbocycles. The van der Waals surface area contributed by atoms with Crippen LogP contribution >= 0.6 is 11.3 Å². The number of aromatic nitrogens is 1. The van der Waals surface area contributed by atoms with Gasteiger partial charge in [0.1, 0.15) is 0 Å². The Hall–Kier alpha value is -0.940. The van der Waals surface area contributed by atoms with Crippen molar-refractivity contribution in [3.05, 3.63) is 16.1 Å². The molecule has 88 valence electrons. The molecule has 0 aromatic carbocycles. The Morgan fingerprint density at radius 2 is 2.31 bits per heavy atom. The first-order valence-corrected chi connectivity index (χ1v) is 6.50. The summed E-state index contributed by atoms with van der Waals surface area (Å²) in [4.78, 5) is 19.2. The normalized spacial score (nSPS) is 16.6. The van der Waals surface area contributed by atoms with Crippen LogP contribution in [0.5, 0.6) is 0 Å². The molecule has 1 fully saturated rings. The fraction of sp³-hybridized carbons (Fsp3) is 0.636. The minimum atomic E-state index is -0.0442. The van der Waals surface area contributed by atoms with Gasteiger partial charge < -0.3 is 10.2 Å². The van der Waals surface area contributed by atoms with E-state index < -0.39 is 0 Å². The van der Waals surface area contributed by atoms with Crippen molar-refractivity contribution in [2.24, 2.45) is 0 Å². The van der Waals surface area contributed by atoms with Gasteiger partial charge in [-0.2, -0.15) is 0 Å². The SMILES string of the molecule is Cc1cnc(C(=O)NCCN2CCCC2)s1. The van der Waals surface area contributed by atoms with Gasteiger partial charge in [-0.15, -0.1) is 11.3 Å². The Balaban J connectivity index is 1.71. The zero-order valence-electron chi connectivity index (χ0n) is 9.53. The predicted octanol–water partition coefficient (Wildman–Crippen LogP) is 1.28. The van der Waals surface area contributed by atoms with Crippen molar-refractivity contribution in [1.29, 1.82) is 0 Å². The Kier molecular flexibility index (Phi) is 3.90. The van der Waals surface area contributed by atoms with E-state index >= 15 is 0 Å². The molecule has 0 unspecified atom stereocenters. The number of carbonyl (C=O) groups excluding carboxylic acids is 1. The highest BCUT2D eigenvalue weighted by atomic mass is 32.1. The molecule has 2 heterocycles. The Morgan fingerprint density at radius 3 is 2.94 bits per heavy atom. The third-order valence-corrected chi connectivity index (χ3v) is 3.64. The molecule has 16 heavy (non-hydrogen) atoms. The summed E-state index contributed by atoms with van der Waals surface area (Å²) in [6.07, 6.45) is 4.32. The van der Waals surface area contributed by atoms with Crippen molar-refractivity contribution in [1.82, 2.24) is 15.2 Å². The van der Waals surface area contributed by atoms with Crippen molar-refractivity contribution < 1.29 is 4.79 Å². The molecule has 1 aliphatic heterocycles. The highest BCUT2D eigenvalue weighted by Gasteiger charge is 2.12. The summed E-state index contributed by atoms with van der Waals surface area (Å²) in [6.45, 7) is 5.98. The lowest BCUT2D eigenvalue weighted by molar-refractivity contribution is 0.0949. The number of nitrogens with zero attached hydrogens (tertiary/aromatic N) is 2. The Bertz CT molecular complexity index is 358. The topological polar surface area (TPSA) is 45.2 Å². The molecule has 1 amide bonds. The average Bonchev–Trinajstić information content (AvgIpc) is 2.89. The second-order valence-corrected chi connectivity index (χ2v) is 5.32. The minimum absolute atomic E-state index is 0.0442. The largest absolute Gasteiger partial charge is 0.349 e. The first-order chi connectivity index (χ1) is 7.75. The third-order valence-electron chi connectivity index (χ3n) is 2.73. The smallest absolute Gasteiger partial charge is 0.280 e. The molecule has 5 heteroatoms. The van der Waals surface area contributed by atoms with Crippen molar-refractivity contribution in [2.75, 3.05) is 26.2 Å². The van der Waals surface area contributed by atoms with E-state index in [4.69, 9.17) is 0 Å². The summed E-state index contributed by atoms with van der Waals surface area (Å²) in [5, 5.41) is 3.47. The van der Waals surface area contributed by atoms with E-state index in [0.29, 0.717) is 5.01 Å². The summed E-state index contributed by atoms with van der Waals surface area (Å²) >= 11 is 1.44. The Morgan fingerprint density at radius 1 is 1.56 bits per heavy atom. The molecule has 1 saturated heterocycles. The fourth-order valence-corrected chi connectivity index (χ4v) is 2.55. The van der Waals surface area contributed by atoms with Crippen LogP contribution in [0.4, 0.5) is 0 Å². The minimum Gasteiger partial charge on any atom is -0.349 e. The second-order valence-electron chi connectivity index (χ2n) is 4.08. The van der Waals surface area contributed by atoms with Crippen LogP contribution in [-0.2, 0) is 0 Å². The van der Waals surface area contributed by atoms with Crippen LogP contribution in [0.15, 0.2) is 6.20 Å². The summed E-state index contributed by atoms with van der Waals surface area (Å²) in [5.74, 6) is -0.0442. The summed E-state index contributed by atoms with van der Waals surface area (Å²) in [7, 11) is 0. The standard InChI is InChI=1S/C11H17N3OS/c1-9-8-13-11(16-9)10(15)12-4-7-14-5-2-3-6-14/h8H,2-7H2,1H3,(H,12,15). The van der Waals surface area contributed by atoms with Crippen molar-refractivity contribution in [3.8, 4) is 0 Å². The summed E-state index contributed by atoms with van der Waals surface area (Å²) in [6, 6.07) is 0. The molecule has 0 spiro atoms. The zero-order valence-corrected chi connectivity index (χ0v) is 10.3. The van der Waals surface area contributed by atoms with Gasteiger partial charge in [-0.3, -0.25) is 4.79 Å².